The lowest BCUT2D eigenvalue weighted by atomic mass is 10.3. The highest BCUT2D eigenvalue weighted by atomic mass is 19.1. The fourth-order valence-corrected chi connectivity index (χ4v) is 1.72. The van der Waals surface area contributed by atoms with Crippen molar-refractivity contribution in [1.29, 1.82) is 0 Å². The van der Waals surface area contributed by atoms with Gasteiger partial charge in [-0.05, 0) is 31.3 Å². The number of hydrogen-bond acceptors (Lipinski definition) is 3. The second-order valence-electron chi connectivity index (χ2n) is 4.34. The minimum Gasteiger partial charge on any atom is -0.489 e. The molecule has 4 heteroatoms. The molecule has 0 unspecified atom stereocenters. The Labute approximate surface area is 112 Å². The zero-order chi connectivity index (χ0) is 13.5. The summed E-state index contributed by atoms with van der Waals surface area (Å²) in [5.41, 5.74) is 1.01. The molecule has 0 saturated heterocycles. The van der Waals surface area contributed by atoms with E-state index in [1.807, 2.05) is 25.2 Å². The largest absolute Gasteiger partial charge is 0.489 e. The molecule has 0 aliphatic carbocycles. The lowest BCUT2D eigenvalue weighted by molar-refractivity contribution is 0.225. The second-order valence-corrected chi connectivity index (χ2v) is 4.34. The van der Waals surface area contributed by atoms with E-state index in [0.29, 0.717) is 18.9 Å². The Morgan fingerprint density at radius 3 is 2.68 bits per heavy atom. The van der Waals surface area contributed by atoms with E-state index in [2.05, 4.69) is 9.88 Å². The minimum atomic E-state index is -0.324. The summed E-state index contributed by atoms with van der Waals surface area (Å²) in [6.45, 7) is 1.91. The van der Waals surface area contributed by atoms with Crippen LogP contribution in [0.3, 0.4) is 0 Å². The molecule has 0 spiro atoms. The summed E-state index contributed by atoms with van der Waals surface area (Å²) in [6, 6.07) is 12.3. The van der Waals surface area contributed by atoms with Gasteiger partial charge in [-0.2, -0.15) is 0 Å². The smallest absolute Gasteiger partial charge is 0.165 e. The van der Waals surface area contributed by atoms with E-state index < -0.39 is 0 Å². The molecular weight excluding hydrogens is 243 g/mol. The predicted molar refractivity (Wildman–Crippen MR) is 72.5 cm³/mol. The van der Waals surface area contributed by atoms with E-state index in [1.54, 1.807) is 24.4 Å². The SMILES string of the molecule is CN(CCOc1ccccc1F)Cc1ccccn1. The van der Waals surface area contributed by atoms with Crippen molar-refractivity contribution < 1.29 is 9.13 Å². The Bertz CT molecular complexity index is 505. The minimum absolute atomic E-state index is 0.300. The van der Waals surface area contributed by atoms with Gasteiger partial charge in [0.2, 0.25) is 0 Å². The quantitative estimate of drug-likeness (QED) is 0.798. The average Bonchev–Trinajstić information content (AvgIpc) is 2.42. The van der Waals surface area contributed by atoms with Gasteiger partial charge in [0.25, 0.3) is 0 Å². The predicted octanol–water partition coefficient (Wildman–Crippen LogP) is 2.73. The van der Waals surface area contributed by atoms with Crippen LogP contribution in [0.1, 0.15) is 5.69 Å². The summed E-state index contributed by atoms with van der Waals surface area (Å²) in [5, 5.41) is 0. The molecule has 100 valence electrons. The highest BCUT2D eigenvalue weighted by Crippen LogP contribution is 2.15. The number of halogens is 1. The third-order valence-corrected chi connectivity index (χ3v) is 2.73. The summed E-state index contributed by atoms with van der Waals surface area (Å²) in [6.07, 6.45) is 1.78. The fourth-order valence-electron chi connectivity index (χ4n) is 1.72. The van der Waals surface area contributed by atoms with Crippen LogP contribution in [-0.4, -0.2) is 30.1 Å². The molecule has 1 aromatic heterocycles. The van der Waals surface area contributed by atoms with Gasteiger partial charge >= 0.3 is 0 Å². The molecule has 2 aromatic rings. The molecule has 0 amide bonds. The Morgan fingerprint density at radius 1 is 1.16 bits per heavy atom. The molecule has 0 bridgehead atoms. The van der Waals surface area contributed by atoms with Crippen LogP contribution in [0.4, 0.5) is 4.39 Å². The van der Waals surface area contributed by atoms with Crippen molar-refractivity contribution in [2.45, 2.75) is 6.54 Å². The zero-order valence-corrected chi connectivity index (χ0v) is 10.9. The maximum atomic E-state index is 13.3. The first-order valence-electron chi connectivity index (χ1n) is 6.21. The maximum absolute atomic E-state index is 13.3. The number of aromatic nitrogens is 1. The van der Waals surface area contributed by atoms with Crippen LogP contribution < -0.4 is 4.74 Å². The van der Waals surface area contributed by atoms with Crippen molar-refractivity contribution >= 4 is 0 Å². The fraction of sp³-hybridized carbons (Fsp3) is 0.267. The lowest BCUT2D eigenvalue weighted by Crippen LogP contribution is -2.24. The molecule has 0 fully saturated rings. The molecule has 0 N–H and O–H groups in total. The van der Waals surface area contributed by atoms with Crippen LogP contribution in [0.2, 0.25) is 0 Å². The molecule has 1 heterocycles. The number of rotatable bonds is 6. The number of benzene rings is 1. The normalized spacial score (nSPS) is 10.7. The molecule has 0 saturated carbocycles. The topological polar surface area (TPSA) is 25.4 Å². The highest BCUT2D eigenvalue weighted by molar-refractivity contribution is 5.23. The van der Waals surface area contributed by atoms with E-state index in [0.717, 1.165) is 12.2 Å². The Hall–Kier alpha value is -1.94. The molecule has 0 aliphatic heterocycles. The third kappa shape index (κ3) is 4.34. The molecule has 2 rings (SSSR count). The number of para-hydroxylation sites is 1. The van der Waals surface area contributed by atoms with Gasteiger partial charge in [-0.25, -0.2) is 4.39 Å². The van der Waals surface area contributed by atoms with Crippen molar-refractivity contribution in [3.63, 3.8) is 0 Å². The first-order chi connectivity index (χ1) is 9.25. The van der Waals surface area contributed by atoms with Crippen molar-refractivity contribution in [2.75, 3.05) is 20.2 Å². The summed E-state index contributed by atoms with van der Waals surface area (Å²) in [5.74, 6) is -0.0244. The van der Waals surface area contributed by atoms with Gasteiger partial charge in [0.05, 0.1) is 5.69 Å². The number of hydrogen-bond donors (Lipinski definition) is 0. The lowest BCUT2D eigenvalue weighted by Gasteiger charge is -2.16. The molecule has 0 aliphatic rings. The third-order valence-electron chi connectivity index (χ3n) is 2.73. The Kier molecular flexibility index (Phi) is 4.86. The van der Waals surface area contributed by atoms with Crippen LogP contribution in [0.25, 0.3) is 0 Å². The van der Waals surface area contributed by atoms with Gasteiger partial charge in [0.15, 0.2) is 11.6 Å². The van der Waals surface area contributed by atoms with Gasteiger partial charge in [0, 0.05) is 19.3 Å². The molecule has 0 atom stereocenters. The second kappa shape index (κ2) is 6.85. The summed E-state index contributed by atoms with van der Waals surface area (Å²) < 4.78 is 18.7. The molecular formula is C15H17FN2O. The number of nitrogens with zero attached hydrogens (tertiary/aromatic N) is 2. The van der Waals surface area contributed by atoms with Gasteiger partial charge < -0.3 is 4.74 Å². The number of ether oxygens (including phenoxy) is 1. The summed E-state index contributed by atoms with van der Waals surface area (Å²) in [4.78, 5) is 6.34. The Balaban J connectivity index is 1.75. The molecule has 3 nitrogen and oxygen atoms in total. The van der Waals surface area contributed by atoms with Gasteiger partial charge in [-0.15, -0.1) is 0 Å². The van der Waals surface area contributed by atoms with Crippen LogP contribution in [0, 0.1) is 5.82 Å². The van der Waals surface area contributed by atoms with E-state index in [-0.39, 0.29) is 5.82 Å². The van der Waals surface area contributed by atoms with Crippen molar-refractivity contribution in [1.82, 2.24) is 9.88 Å². The van der Waals surface area contributed by atoms with Gasteiger partial charge in [0.1, 0.15) is 6.61 Å². The van der Waals surface area contributed by atoms with Gasteiger partial charge in [-0.1, -0.05) is 18.2 Å². The van der Waals surface area contributed by atoms with Gasteiger partial charge in [-0.3, -0.25) is 9.88 Å². The number of likely N-dealkylation sites (N-methyl/N-ethyl adjacent to an activating group) is 1. The van der Waals surface area contributed by atoms with Crippen molar-refractivity contribution in [3.05, 3.63) is 60.2 Å². The maximum Gasteiger partial charge on any atom is 0.165 e. The van der Waals surface area contributed by atoms with E-state index in [4.69, 9.17) is 4.74 Å². The molecule has 0 radical (unpaired) electrons. The van der Waals surface area contributed by atoms with Crippen LogP contribution in [0.15, 0.2) is 48.7 Å². The van der Waals surface area contributed by atoms with Crippen molar-refractivity contribution in [2.24, 2.45) is 0 Å². The highest BCUT2D eigenvalue weighted by Gasteiger charge is 2.04. The standard InChI is InChI=1S/C15H17FN2O/c1-18(12-13-6-4-5-9-17-13)10-11-19-15-8-3-2-7-14(15)16/h2-9H,10-12H2,1H3. The van der Waals surface area contributed by atoms with Crippen LogP contribution in [0.5, 0.6) is 5.75 Å². The summed E-state index contributed by atoms with van der Waals surface area (Å²) in [7, 11) is 1.99. The molecule has 1 aromatic carbocycles. The van der Waals surface area contributed by atoms with Crippen LogP contribution >= 0.6 is 0 Å². The monoisotopic (exact) mass is 260 g/mol. The zero-order valence-electron chi connectivity index (χ0n) is 10.9. The van der Waals surface area contributed by atoms with Crippen molar-refractivity contribution in [3.8, 4) is 5.75 Å². The summed E-state index contributed by atoms with van der Waals surface area (Å²) >= 11 is 0. The van der Waals surface area contributed by atoms with E-state index in [9.17, 15) is 4.39 Å². The van der Waals surface area contributed by atoms with Crippen LogP contribution in [-0.2, 0) is 6.54 Å². The first kappa shape index (κ1) is 13.5. The molecule has 19 heavy (non-hydrogen) atoms. The Morgan fingerprint density at radius 2 is 1.95 bits per heavy atom. The van der Waals surface area contributed by atoms with E-state index in [1.165, 1.54) is 6.07 Å². The van der Waals surface area contributed by atoms with E-state index >= 15 is 0 Å². The first-order valence-corrected chi connectivity index (χ1v) is 6.21. The number of pyridine rings is 1. The average molecular weight is 260 g/mol.